The lowest BCUT2D eigenvalue weighted by Crippen LogP contribution is -2.33. The molecule has 0 aliphatic carbocycles. The van der Waals surface area contributed by atoms with Crippen molar-refractivity contribution in [2.75, 3.05) is 0 Å². The first-order chi connectivity index (χ1) is 9.66. The zero-order valence-electron chi connectivity index (χ0n) is 15.3. The number of aromatic hydroxyl groups is 1. The van der Waals surface area contributed by atoms with Gasteiger partial charge in [-0.15, -0.1) is 0 Å². The molecule has 22 heavy (non-hydrogen) atoms. The van der Waals surface area contributed by atoms with Crippen LogP contribution in [-0.4, -0.2) is 11.0 Å². The van der Waals surface area contributed by atoms with Gasteiger partial charge in [-0.3, -0.25) is 4.79 Å². The summed E-state index contributed by atoms with van der Waals surface area (Å²) in [6.45, 7) is 16.2. The Balaban J connectivity index is 3.52. The lowest BCUT2D eigenvalue weighted by atomic mass is 9.76. The second-order valence-electron chi connectivity index (χ2n) is 8.96. The first kappa shape index (κ1) is 18.5. The zero-order valence-corrected chi connectivity index (χ0v) is 15.3. The molecule has 1 amide bonds. The van der Waals surface area contributed by atoms with E-state index in [1.165, 1.54) is 0 Å². The lowest BCUT2D eigenvalue weighted by Gasteiger charge is -2.29. The third kappa shape index (κ3) is 4.02. The Morgan fingerprint density at radius 2 is 1.32 bits per heavy atom. The first-order valence-electron chi connectivity index (χ1n) is 7.83. The molecule has 3 nitrogen and oxygen atoms in total. The lowest BCUT2D eigenvalue weighted by molar-refractivity contribution is -0.125. The molecule has 0 heterocycles. The molecule has 0 aromatic heterocycles. The van der Waals surface area contributed by atoms with E-state index in [0.29, 0.717) is 12.2 Å². The smallest absolute Gasteiger partial charge is 0.223 e. The van der Waals surface area contributed by atoms with Gasteiger partial charge in [0, 0.05) is 5.41 Å². The topological polar surface area (TPSA) is 63.3 Å². The predicted octanol–water partition coefficient (Wildman–Crippen LogP) is 4.04. The molecule has 0 saturated carbocycles. The molecule has 1 rings (SSSR count). The van der Waals surface area contributed by atoms with Crippen LogP contribution in [0.15, 0.2) is 12.1 Å². The normalized spacial score (nSPS) is 13.3. The maximum atomic E-state index is 11.6. The van der Waals surface area contributed by atoms with Gasteiger partial charge in [-0.25, -0.2) is 0 Å². The number of amides is 1. The Morgan fingerprint density at radius 1 is 0.955 bits per heavy atom. The summed E-state index contributed by atoms with van der Waals surface area (Å²) in [6.07, 6.45) is 0.564. The number of carbonyl (C=O) groups is 1. The number of primary amides is 1. The molecular formula is C19H31NO2. The number of hydrogen-bond donors (Lipinski definition) is 2. The minimum absolute atomic E-state index is 0.170. The van der Waals surface area contributed by atoms with E-state index < -0.39 is 5.41 Å². The summed E-state index contributed by atoms with van der Waals surface area (Å²) in [6, 6.07) is 4.02. The molecule has 0 radical (unpaired) electrons. The van der Waals surface area contributed by atoms with Gasteiger partial charge in [0.1, 0.15) is 5.75 Å². The molecule has 0 aliphatic rings. The molecule has 1 aromatic rings. The van der Waals surface area contributed by atoms with Crippen LogP contribution in [0.2, 0.25) is 0 Å². The van der Waals surface area contributed by atoms with Crippen molar-refractivity contribution in [3.63, 3.8) is 0 Å². The molecule has 0 spiro atoms. The quantitative estimate of drug-likeness (QED) is 0.885. The Labute approximate surface area is 134 Å². The molecule has 0 fully saturated rings. The van der Waals surface area contributed by atoms with Gasteiger partial charge in [0.15, 0.2) is 0 Å². The van der Waals surface area contributed by atoms with Crippen LogP contribution >= 0.6 is 0 Å². The summed E-state index contributed by atoms with van der Waals surface area (Å²) >= 11 is 0. The van der Waals surface area contributed by atoms with E-state index in [9.17, 15) is 9.90 Å². The van der Waals surface area contributed by atoms with Crippen molar-refractivity contribution in [3.8, 4) is 5.75 Å². The molecule has 0 saturated heterocycles. The van der Waals surface area contributed by atoms with Crippen molar-refractivity contribution in [1.29, 1.82) is 0 Å². The van der Waals surface area contributed by atoms with Crippen molar-refractivity contribution in [1.82, 2.24) is 0 Å². The fourth-order valence-corrected chi connectivity index (χ4v) is 2.54. The van der Waals surface area contributed by atoms with Crippen LogP contribution < -0.4 is 5.73 Å². The number of hydrogen-bond acceptors (Lipinski definition) is 2. The first-order valence-corrected chi connectivity index (χ1v) is 7.83. The molecule has 0 unspecified atom stereocenters. The summed E-state index contributed by atoms with van der Waals surface area (Å²) in [4.78, 5) is 11.6. The average Bonchev–Trinajstić information content (AvgIpc) is 2.27. The standard InChI is InChI=1S/C19H31NO2/c1-17(2,3)13-9-12(11-19(7,8)16(20)22)10-14(15(13)21)18(4,5)6/h9-10,21H,11H2,1-8H3,(H2,20,22). The molecule has 124 valence electrons. The molecule has 1 aromatic carbocycles. The molecule has 0 atom stereocenters. The summed E-state index contributed by atoms with van der Waals surface area (Å²) in [7, 11) is 0. The third-order valence-corrected chi connectivity index (χ3v) is 4.10. The van der Waals surface area contributed by atoms with Gasteiger partial charge in [0.2, 0.25) is 5.91 Å². The van der Waals surface area contributed by atoms with Gasteiger partial charge in [-0.05, 0) is 33.9 Å². The molecular weight excluding hydrogens is 274 g/mol. The Kier molecular flexibility index (Phi) is 4.72. The highest BCUT2D eigenvalue weighted by atomic mass is 16.3. The largest absolute Gasteiger partial charge is 0.507 e. The van der Waals surface area contributed by atoms with Gasteiger partial charge in [0.25, 0.3) is 0 Å². The number of nitrogens with two attached hydrogens (primary N) is 1. The van der Waals surface area contributed by atoms with Crippen LogP contribution in [0.1, 0.15) is 72.1 Å². The molecule has 3 heteroatoms. The number of rotatable bonds is 3. The van der Waals surface area contributed by atoms with Crippen molar-refractivity contribution in [2.45, 2.75) is 72.6 Å². The van der Waals surface area contributed by atoms with Crippen LogP contribution in [0.3, 0.4) is 0 Å². The minimum Gasteiger partial charge on any atom is -0.507 e. The van der Waals surface area contributed by atoms with Crippen LogP contribution in [-0.2, 0) is 22.0 Å². The van der Waals surface area contributed by atoms with Crippen LogP contribution in [0.4, 0.5) is 0 Å². The second-order valence-corrected chi connectivity index (χ2v) is 8.96. The number of phenolic OH excluding ortho intramolecular Hbond substituents is 1. The molecule has 0 bridgehead atoms. The van der Waals surface area contributed by atoms with Crippen molar-refractivity contribution >= 4 is 5.91 Å². The predicted molar refractivity (Wildman–Crippen MR) is 92.2 cm³/mol. The average molecular weight is 305 g/mol. The van der Waals surface area contributed by atoms with Gasteiger partial charge in [0.05, 0.1) is 0 Å². The fourth-order valence-electron chi connectivity index (χ4n) is 2.54. The summed E-state index contributed by atoms with van der Waals surface area (Å²) in [5.41, 5.74) is 7.42. The van der Waals surface area contributed by atoms with E-state index in [-0.39, 0.29) is 16.7 Å². The van der Waals surface area contributed by atoms with Gasteiger partial charge >= 0.3 is 0 Å². The van der Waals surface area contributed by atoms with Crippen LogP contribution in [0, 0.1) is 5.41 Å². The highest BCUT2D eigenvalue weighted by Gasteiger charge is 2.30. The van der Waals surface area contributed by atoms with E-state index in [1.807, 2.05) is 26.0 Å². The number of carbonyl (C=O) groups excluding carboxylic acids is 1. The maximum absolute atomic E-state index is 11.6. The summed E-state index contributed by atoms with van der Waals surface area (Å²) in [5, 5.41) is 10.7. The van der Waals surface area contributed by atoms with Crippen molar-refractivity contribution in [2.24, 2.45) is 11.1 Å². The van der Waals surface area contributed by atoms with Crippen molar-refractivity contribution < 1.29 is 9.90 Å². The SMILES string of the molecule is CC(C)(Cc1cc(C(C)(C)C)c(O)c(C(C)(C)C)c1)C(N)=O. The Bertz CT molecular complexity index is 537. The van der Waals surface area contributed by atoms with Gasteiger partial charge in [-0.2, -0.15) is 0 Å². The Hall–Kier alpha value is -1.51. The van der Waals surface area contributed by atoms with E-state index in [4.69, 9.17) is 5.73 Å². The monoisotopic (exact) mass is 305 g/mol. The maximum Gasteiger partial charge on any atom is 0.223 e. The van der Waals surface area contributed by atoms with Gasteiger partial charge < -0.3 is 10.8 Å². The molecule has 3 N–H and O–H groups in total. The van der Waals surface area contributed by atoms with E-state index in [1.54, 1.807) is 0 Å². The highest BCUT2D eigenvalue weighted by molar-refractivity contribution is 5.80. The van der Waals surface area contributed by atoms with E-state index in [0.717, 1.165) is 16.7 Å². The number of phenols is 1. The van der Waals surface area contributed by atoms with E-state index in [2.05, 4.69) is 41.5 Å². The third-order valence-electron chi connectivity index (χ3n) is 4.10. The van der Waals surface area contributed by atoms with Crippen LogP contribution in [0.5, 0.6) is 5.75 Å². The Morgan fingerprint density at radius 3 is 1.59 bits per heavy atom. The van der Waals surface area contributed by atoms with Crippen molar-refractivity contribution in [3.05, 3.63) is 28.8 Å². The second kappa shape index (κ2) is 5.60. The van der Waals surface area contributed by atoms with Crippen LogP contribution in [0.25, 0.3) is 0 Å². The summed E-state index contributed by atoms with van der Waals surface area (Å²) < 4.78 is 0. The zero-order chi connectivity index (χ0) is 17.5. The van der Waals surface area contributed by atoms with E-state index >= 15 is 0 Å². The highest BCUT2D eigenvalue weighted by Crippen LogP contribution is 2.40. The molecule has 0 aliphatic heterocycles. The minimum atomic E-state index is -0.610. The summed E-state index contributed by atoms with van der Waals surface area (Å²) in [5.74, 6) is 0.0517. The number of benzene rings is 1. The van der Waals surface area contributed by atoms with Gasteiger partial charge in [-0.1, -0.05) is 67.5 Å². The fraction of sp³-hybridized carbons (Fsp3) is 0.632.